The molecule has 0 spiro atoms. The van der Waals surface area contributed by atoms with Gasteiger partial charge < -0.3 is 24.8 Å². The van der Waals surface area contributed by atoms with Crippen molar-refractivity contribution < 1.29 is 37.1 Å². The SMILES string of the molecule is COC(=O)C1=C(Nc2cc(OC)c(S(=O)(=O)O)cc2C)C(=O)N(CCO)C1. The van der Waals surface area contributed by atoms with Gasteiger partial charge in [0.2, 0.25) is 0 Å². The number of esters is 1. The molecular weight excluding hydrogens is 380 g/mol. The minimum atomic E-state index is -4.51. The van der Waals surface area contributed by atoms with Gasteiger partial charge in [0, 0.05) is 18.3 Å². The number of amides is 1. The zero-order chi connectivity index (χ0) is 20.4. The molecule has 27 heavy (non-hydrogen) atoms. The van der Waals surface area contributed by atoms with Crippen molar-refractivity contribution in [3.8, 4) is 5.75 Å². The predicted molar refractivity (Wildman–Crippen MR) is 93.9 cm³/mol. The topological polar surface area (TPSA) is 142 Å². The molecule has 0 radical (unpaired) electrons. The van der Waals surface area contributed by atoms with Crippen molar-refractivity contribution in [2.24, 2.45) is 0 Å². The Morgan fingerprint density at radius 1 is 1.33 bits per heavy atom. The van der Waals surface area contributed by atoms with Gasteiger partial charge in [-0.3, -0.25) is 9.35 Å². The predicted octanol–water partition coefficient (Wildman–Crippen LogP) is -0.0762. The third-order valence-corrected chi connectivity index (χ3v) is 4.88. The third-order valence-electron chi connectivity index (χ3n) is 4.00. The maximum absolute atomic E-state index is 12.5. The molecule has 0 saturated carbocycles. The van der Waals surface area contributed by atoms with E-state index in [1.165, 1.54) is 31.3 Å². The lowest BCUT2D eigenvalue weighted by Crippen LogP contribution is -2.31. The zero-order valence-corrected chi connectivity index (χ0v) is 15.8. The highest BCUT2D eigenvalue weighted by Gasteiger charge is 2.35. The van der Waals surface area contributed by atoms with Crippen molar-refractivity contribution in [1.82, 2.24) is 4.90 Å². The summed E-state index contributed by atoms with van der Waals surface area (Å²) >= 11 is 0. The van der Waals surface area contributed by atoms with Gasteiger partial charge in [-0.2, -0.15) is 8.42 Å². The first kappa shape index (κ1) is 20.7. The maximum atomic E-state index is 12.5. The van der Waals surface area contributed by atoms with Gasteiger partial charge in [-0.1, -0.05) is 0 Å². The Labute approximate surface area is 156 Å². The molecule has 11 heteroatoms. The lowest BCUT2D eigenvalue weighted by molar-refractivity contribution is -0.136. The zero-order valence-electron chi connectivity index (χ0n) is 15.0. The minimum Gasteiger partial charge on any atom is -0.495 e. The minimum absolute atomic E-state index is 0.0340. The van der Waals surface area contributed by atoms with E-state index in [1.807, 2.05) is 0 Å². The van der Waals surface area contributed by atoms with Gasteiger partial charge in [0.15, 0.2) is 0 Å². The molecular formula is C16H20N2O8S. The number of β-amino-alcohol motifs (C(OH)–C–C–N with tert-alkyl or cyclic N) is 1. The number of nitrogens with one attached hydrogen (secondary N) is 1. The van der Waals surface area contributed by atoms with Gasteiger partial charge in [-0.15, -0.1) is 0 Å². The standard InChI is InChI=1S/C16H20N2O8S/c1-9-6-13(27(22,23)24)12(25-2)7-11(9)17-14-10(16(21)26-3)8-18(4-5-19)15(14)20/h6-7,17,19H,4-5,8H2,1-3H3,(H,22,23,24). The highest BCUT2D eigenvalue weighted by Crippen LogP contribution is 2.32. The van der Waals surface area contributed by atoms with Crippen LogP contribution in [-0.4, -0.2) is 68.8 Å². The molecule has 2 rings (SSSR count). The summed E-state index contributed by atoms with van der Waals surface area (Å²) in [7, 11) is -2.10. The third kappa shape index (κ3) is 4.21. The molecule has 148 valence electrons. The number of carbonyl (C=O) groups is 2. The van der Waals surface area contributed by atoms with Crippen LogP contribution in [0.25, 0.3) is 0 Å². The van der Waals surface area contributed by atoms with E-state index < -0.39 is 26.9 Å². The number of rotatable bonds is 7. The number of nitrogens with zero attached hydrogens (tertiary/aromatic N) is 1. The van der Waals surface area contributed by atoms with Crippen molar-refractivity contribution in [3.05, 3.63) is 29.0 Å². The van der Waals surface area contributed by atoms with Gasteiger partial charge in [0.25, 0.3) is 16.0 Å². The fourth-order valence-electron chi connectivity index (χ4n) is 2.64. The lowest BCUT2D eigenvalue weighted by atomic mass is 10.1. The summed E-state index contributed by atoms with van der Waals surface area (Å²) in [4.78, 5) is 25.4. The summed E-state index contributed by atoms with van der Waals surface area (Å²) in [5, 5.41) is 11.9. The van der Waals surface area contributed by atoms with E-state index in [-0.39, 0.29) is 36.7 Å². The quantitative estimate of drug-likeness (QED) is 0.423. The van der Waals surface area contributed by atoms with Crippen molar-refractivity contribution in [2.75, 3.05) is 39.2 Å². The molecule has 0 atom stereocenters. The van der Waals surface area contributed by atoms with Gasteiger partial charge >= 0.3 is 5.97 Å². The molecule has 1 amide bonds. The van der Waals surface area contributed by atoms with E-state index in [0.29, 0.717) is 11.3 Å². The summed E-state index contributed by atoms with van der Waals surface area (Å²) in [6, 6.07) is 2.47. The molecule has 1 aromatic rings. The molecule has 1 heterocycles. The van der Waals surface area contributed by atoms with Gasteiger partial charge in [-0.25, -0.2) is 4.79 Å². The van der Waals surface area contributed by atoms with Crippen LogP contribution in [0, 0.1) is 6.92 Å². The average molecular weight is 400 g/mol. The highest BCUT2D eigenvalue weighted by molar-refractivity contribution is 7.86. The van der Waals surface area contributed by atoms with Crippen LogP contribution >= 0.6 is 0 Å². The summed E-state index contributed by atoms with van der Waals surface area (Å²) < 4.78 is 41.9. The number of methoxy groups -OCH3 is 2. The molecule has 0 bridgehead atoms. The van der Waals surface area contributed by atoms with E-state index in [4.69, 9.17) is 14.6 Å². The largest absolute Gasteiger partial charge is 0.495 e. The Bertz CT molecular complexity index is 907. The molecule has 0 saturated heterocycles. The maximum Gasteiger partial charge on any atom is 0.337 e. The molecule has 0 aliphatic carbocycles. The first-order valence-corrected chi connectivity index (χ1v) is 9.22. The monoisotopic (exact) mass is 400 g/mol. The van der Waals surface area contributed by atoms with Crippen LogP contribution in [0.3, 0.4) is 0 Å². The number of aryl methyl sites for hydroxylation is 1. The van der Waals surface area contributed by atoms with Crippen LogP contribution in [0.5, 0.6) is 5.75 Å². The second kappa shape index (κ2) is 7.94. The van der Waals surface area contributed by atoms with Crippen LogP contribution in [0.4, 0.5) is 5.69 Å². The summed E-state index contributed by atoms with van der Waals surface area (Å²) in [5.74, 6) is -1.35. The number of aliphatic hydroxyl groups is 1. The van der Waals surface area contributed by atoms with Gasteiger partial charge in [0.1, 0.15) is 16.3 Å². The molecule has 1 aromatic carbocycles. The van der Waals surface area contributed by atoms with E-state index in [1.54, 1.807) is 6.92 Å². The Morgan fingerprint density at radius 2 is 2.00 bits per heavy atom. The first-order valence-electron chi connectivity index (χ1n) is 7.78. The highest BCUT2D eigenvalue weighted by atomic mass is 32.2. The Balaban J connectivity index is 2.50. The fourth-order valence-corrected chi connectivity index (χ4v) is 3.36. The number of hydrogen-bond donors (Lipinski definition) is 3. The Morgan fingerprint density at radius 3 is 2.52 bits per heavy atom. The first-order chi connectivity index (χ1) is 12.6. The van der Waals surface area contributed by atoms with E-state index in [9.17, 15) is 22.6 Å². The second-order valence-corrected chi connectivity index (χ2v) is 7.10. The van der Waals surface area contributed by atoms with Gasteiger partial charge in [-0.05, 0) is 18.6 Å². The van der Waals surface area contributed by atoms with Crippen LogP contribution < -0.4 is 10.1 Å². The van der Waals surface area contributed by atoms with Crippen LogP contribution in [0.15, 0.2) is 28.3 Å². The molecule has 1 aliphatic heterocycles. The Kier molecular flexibility index (Phi) is 6.08. The molecule has 1 aliphatic rings. The fraction of sp³-hybridized carbons (Fsp3) is 0.375. The van der Waals surface area contributed by atoms with Crippen molar-refractivity contribution in [2.45, 2.75) is 11.8 Å². The molecule has 3 N–H and O–H groups in total. The normalized spacial score (nSPS) is 14.6. The molecule has 0 aromatic heterocycles. The average Bonchev–Trinajstić information content (AvgIpc) is 2.91. The van der Waals surface area contributed by atoms with Crippen molar-refractivity contribution >= 4 is 27.7 Å². The van der Waals surface area contributed by atoms with Crippen LogP contribution in [0.2, 0.25) is 0 Å². The number of benzene rings is 1. The summed E-state index contributed by atoms with van der Waals surface area (Å²) in [6.45, 7) is 1.28. The van der Waals surface area contributed by atoms with Crippen LogP contribution in [0.1, 0.15) is 5.56 Å². The number of ether oxygens (including phenoxy) is 2. The van der Waals surface area contributed by atoms with E-state index in [0.717, 1.165) is 0 Å². The van der Waals surface area contributed by atoms with E-state index >= 15 is 0 Å². The molecule has 0 unspecified atom stereocenters. The molecule has 10 nitrogen and oxygen atoms in total. The number of hydrogen-bond acceptors (Lipinski definition) is 8. The van der Waals surface area contributed by atoms with Crippen molar-refractivity contribution in [3.63, 3.8) is 0 Å². The lowest BCUT2D eigenvalue weighted by Gasteiger charge is -2.16. The smallest absolute Gasteiger partial charge is 0.337 e. The number of aliphatic hydroxyl groups excluding tert-OH is 1. The van der Waals surface area contributed by atoms with Gasteiger partial charge in [0.05, 0.1) is 32.9 Å². The van der Waals surface area contributed by atoms with Crippen molar-refractivity contribution in [1.29, 1.82) is 0 Å². The number of anilines is 1. The Hall–Kier alpha value is -2.63. The second-order valence-electron chi connectivity index (χ2n) is 5.71. The van der Waals surface area contributed by atoms with Crippen LogP contribution in [-0.2, 0) is 24.4 Å². The summed E-state index contributed by atoms with van der Waals surface area (Å²) in [5.41, 5.74) is 0.719. The number of carbonyl (C=O) groups excluding carboxylic acids is 2. The summed E-state index contributed by atoms with van der Waals surface area (Å²) in [6.07, 6.45) is 0. The van der Waals surface area contributed by atoms with E-state index in [2.05, 4.69) is 5.32 Å². The molecule has 0 fully saturated rings.